The summed E-state index contributed by atoms with van der Waals surface area (Å²) < 4.78 is 4.10. The molecule has 3 rings (SSSR count). The molecule has 0 aliphatic carbocycles. The Kier molecular flexibility index (Phi) is 6.00. The van der Waals surface area contributed by atoms with Crippen LogP contribution in [0.5, 0.6) is 0 Å². The van der Waals surface area contributed by atoms with Gasteiger partial charge in [-0.3, -0.25) is 23.5 Å². The Hall–Kier alpha value is -3.89. The van der Waals surface area contributed by atoms with Gasteiger partial charge in [0.05, 0.1) is 24.7 Å². The second-order valence-corrected chi connectivity index (χ2v) is 6.68. The Morgan fingerprint density at radius 3 is 2.73 bits per heavy atom. The molecular formula is C20H22N8O2. The van der Waals surface area contributed by atoms with Crippen LogP contribution in [0, 0.1) is 23.2 Å². The standard InChI is InChI=1S/C20H22N8O2/c1-4-5-9-27-16-17(24-19(27)25(2)10-7-21)26(3)20(30)28(18(16)29)13-15-12-23-8-6-14(15)11-22/h6,8,12H,7,9-10,13,21H2,1-3H3. The third-order valence-electron chi connectivity index (χ3n) is 4.78. The molecule has 10 nitrogen and oxygen atoms in total. The number of nitrogens with two attached hydrogens (primary N) is 1. The lowest BCUT2D eigenvalue weighted by molar-refractivity contribution is 0.652. The number of aromatic nitrogens is 5. The number of imidazole rings is 1. The molecule has 0 bridgehead atoms. The molecule has 0 aliphatic heterocycles. The molecule has 0 amide bonds. The zero-order valence-electron chi connectivity index (χ0n) is 17.1. The van der Waals surface area contributed by atoms with E-state index in [0.717, 1.165) is 4.57 Å². The summed E-state index contributed by atoms with van der Waals surface area (Å²) in [7, 11) is 3.38. The van der Waals surface area contributed by atoms with Crippen molar-refractivity contribution in [3.05, 3.63) is 50.4 Å². The number of hydrogen-bond acceptors (Lipinski definition) is 7. The van der Waals surface area contributed by atoms with Crippen molar-refractivity contribution < 1.29 is 0 Å². The molecule has 0 aromatic carbocycles. The summed E-state index contributed by atoms with van der Waals surface area (Å²) in [5, 5.41) is 9.32. The van der Waals surface area contributed by atoms with Crippen LogP contribution < -0.4 is 21.9 Å². The van der Waals surface area contributed by atoms with Gasteiger partial charge in [-0.25, -0.2) is 4.79 Å². The Morgan fingerprint density at radius 2 is 2.07 bits per heavy atom. The number of hydrogen-bond donors (Lipinski definition) is 1. The highest BCUT2D eigenvalue weighted by Gasteiger charge is 2.22. The molecule has 0 fully saturated rings. The van der Waals surface area contributed by atoms with Gasteiger partial charge in [-0.15, -0.1) is 5.92 Å². The predicted molar refractivity (Wildman–Crippen MR) is 113 cm³/mol. The Morgan fingerprint density at radius 1 is 1.30 bits per heavy atom. The maximum Gasteiger partial charge on any atom is 0.332 e. The van der Waals surface area contributed by atoms with E-state index in [1.54, 1.807) is 24.6 Å². The van der Waals surface area contributed by atoms with Gasteiger partial charge in [-0.05, 0) is 13.0 Å². The van der Waals surface area contributed by atoms with Crippen molar-refractivity contribution >= 4 is 17.1 Å². The molecule has 154 valence electrons. The molecule has 0 atom stereocenters. The fraction of sp³-hybridized carbons (Fsp3) is 0.350. The van der Waals surface area contributed by atoms with Crippen LogP contribution in [0.25, 0.3) is 11.2 Å². The predicted octanol–water partition coefficient (Wildman–Crippen LogP) is -0.370. The van der Waals surface area contributed by atoms with Crippen molar-refractivity contribution in [2.45, 2.75) is 20.0 Å². The van der Waals surface area contributed by atoms with Crippen molar-refractivity contribution in [1.29, 1.82) is 5.26 Å². The monoisotopic (exact) mass is 406 g/mol. The van der Waals surface area contributed by atoms with Crippen LogP contribution in [0.2, 0.25) is 0 Å². The van der Waals surface area contributed by atoms with Gasteiger partial charge in [-0.1, -0.05) is 5.92 Å². The summed E-state index contributed by atoms with van der Waals surface area (Å²) in [6.45, 7) is 2.80. The summed E-state index contributed by atoms with van der Waals surface area (Å²) in [6, 6.07) is 3.61. The minimum atomic E-state index is -0.528. The molecule has 3 heterocycles. The first-order valence-electron chi connectivity index (χ1n) is 9.28. The van der Waals surface area contributed by atoms with E-state index in [0.29, 0.717) is 30.2 Å². The van der Waals surface area contributed by atoms with Crippen LogP contribution in [-0.4, -0.2) is 43.8 Å². The third-order valence-corrected chi connectivity index (χ3v) is 4.78. The molecule has 0 radical (unpaired) electrons. The van der Waals surface area contributed by atoms with Gasteiger partial charge in [0.15, 0.2) is 11.2 Å². The summed E-state index contributed by atoms with van der Waals surface area (Å²) in [4.78, 5) is 36.7. The second-order valence-electron chi connectivity index (χ2n) is 6.68. The van der Waals surface area contributed by atoms with Crippen molar-refractivity contribution in [1.82, 2.24) is 23.7 Å². The quantitative estimate of drug-likeness (QED) is 0.553. The molecule has 30 heavy (non-hydrogen) atoms. The van der Waals surface area contributed by atoms with E-state index in [4.69, 9.17) is 5.73 Å². The van der Waals surface area contributed by atoms with Crippen LogP contribution in [-0.2, 0) is 20.1 Å². The van der Waals surface area contributed by atoms with E-state index in [1.165, 1.54) is 17.0 Å². The van der Waals surface area contributed by atoms with Gasteiger partial charge in [0, 0.05) is 45.1 Å². The summed E-state index contributed by atoms with van der Waals surface area (Å²) in [5.41, 5.74) is 6.02. The molecule has 0 unspecified atom stereocenters. The van der Waals surface area contributed by atoms with Crippen molar-refractivity contribution in [3.8, 4) is 17.9 Å². The van der Waals surface area contributed by atoms with Crippen LogP contribution in [0.15, 0.2) is 28.0 Å². The van der Waals surface area contributed by atoms with Crippen molar-refractivity contribution in [2.75, 3.05) is 25.0 Å². The Bertz CT molecular complexity index is 1310. The molecule has 2 N–H and O–H groups in total. The molecule has 3 aromatic heterocycles. The maximum atomic E-state index is 13.4. The van der Waals surface area contributed by atoms with E-state index in [9.17, 15) is 14.9 Å². The Labute approximate surface area is 172 Å². The Balaban J connectivity index is 2.31. The van der Waals surface area contributed by atoms with E-state index in [1.807, 2.05) is 11.9 Å². The number of anilines is 1. The maximum absolute atomic E-state index is 13.4. The van der Waals surface area contributed by atoms with Gasteiger partial charge >= 0.3 is 5.69 Å². The highest BCUT2D eigenvalue weighted by atomic mass is 16.2. The van der Waals surface area contributed by atoms with E-state index in [2.05, 4.69) is 27.9 Å². The molecule has 10 heteroatoms. The zero-order chi connectivity index (χ0) is 21.8. The lowest BCUT2D eigenvalue weighted by Crippen LogP contribution is -2.40. The first kappa shape index (κ1) is 20.8. The van der Waals surface area contributed by atoms with Crippen LogP contribution in [0.1, 0.15) is 18.1 Å². The van der Waals surface area contributed by atoms with Gasteiger partial charge in [0.2, 0.25) is 5.95 Å². The minimum Gasteiger partial charge on any atom is -0.344 e. The van der Waals surface area contributed by atoms with Gasteiger partial charge in [-0.2, -0.15) is 10.2 Å². The number of aryl methyl sites for hydroxylation is 1. The second kappa shape index (κ2) is 8.64. The molecule has 0 spiro atoms. The smallest absolute Gasteiger partial charge is 0.332 e. The van der Waals surface area contributed by atoms with E-state index < -0.39 is 11.2 Å². The first-order valence-corrected chi connectivity index (χ1v) is 9.28. The van der Waals surface area contributed by atoms with Crippen molar-refractivity contribution in [2.24, 2.45) is 12.8 Å². The van der Waals surface area contributed by atoms with Gasteiger partial charge in [0.25, 0.3) is 5.56 Å². The molecule has 0 saturated carbocycles. The molecule has 0 aliphatic rings. The summed E-state index contributed by atoms with van der Waals surface area (Å²) >= 11 is 0. The number of fused-ring (bicyclic) bond motifs is 1. The molecular weight excluding hydrogens is 384 g/mol. The zero-order valence-corrected chi connectivity index (χ0v) is 17.1. The number of rotatable bonds is 6. The highest BCUT2D eigenvalue weighted by molar-refractivity contribution is 5.74. The molecule has 3 aromatic rings. The average molecular weight is 406 g/mol. The fourth-order valence-corrected chi connectivity index (χ4v) is 3.23. The van der Waals surface area contributed by atoms with Crippen LogP contribution in [0.3, 0.4) is 0 Å². The van der Waals surface area contributed by atoms with Crippen molar-refractivity contribution in [3.63, 3.8) is 0 Å². The number of likely N-dealkylation sites (N-methyl/N-ethyl adjacent to an activating group) is 1. The van der Waals surface area contributed by atoms with Gasteiger partial charge in [0.1, 0.15) is 0 Å². The lowest BCUT2D eigenvalue weighted by Gasteiger charge is -2.17. The van der Waals surface area contributed by atoms with E-state index in [-0.39, 0.29) is 24.3 Å². The largest absolute Gasteiger partial charge is 0.344 e. The number of nitriles is 1. The topological polar surface area (TPSA) is 128 Å². The van der Waals surface area contributed by atoms with Crippen LogP contribution >= 0.6 is 0 Å². The first-order chi connectivity index (χ1) is 14.4. The number of pyridine rings is 1. The molecule has 0 saturated heterocycles. The lowest BCUT2D eigenvalue weighted by atomic mass is 10.1. The summed E-state index contributed by atoms with van der Waals surface area (Å²) in [5.74, 6) is 6.28. The summed E-state index contributed by atoms with van der Waals surface area (Å²) in [6.07, 6.45) is 2.97. The minimum absolute atomic E-state index is 0.0726. The fourth-order valence-electron chi connectivity index (χ4n) is 3.23. The van der Waals surface area contributed by atoms with Crippen LogP contribution in [0.4, 0.5) is 5.95 Å². The van der Waals surface area contributed by atoms with E-state index >= 15 is 0 Å². The van der Waals surface area contributed by atoms with Gasteiger partial charge < -0.3 is 10.6 Å². The highest BCUT2D eigenvalue weighted by Crippen LogP contribution is 2.18. The third kappa shape index (κ3) is 3.56. The SMILES string of the molecule is CC#CCn1c(N(C)CCN)nc2c1c(=O)n(Cc1cnccc1C#N)c(=O)n2C. The number of nitrogens with zero attached hydrogens (tertiary/aromatic N) is 7. The average Bonchev–Trinajstić information content (AvgIpc) is 3.14. The normalized spacial score (nSPS) is 10.5.